The maximum atomic E-state index is 11.9. The summed E-state index contributed by atoms with van der Waals surface area (Å²) in [5.41, 5.74) is 0. The molecule has 0 aliphatic carbocycles. The van der Waals surface area contributed by atoms with Crippen molar-refractivity contribution in [2.24, 2.45) is 5.92 Å². The van der Waals surface area contributed by atoms with E-state index in [1.807, 2.05) is 4.90 Å². The van der Waals surface area contributed by atoms with Crippen LogP contribution >= 0.6 is 15.9 Å². The minimum atomic E-state index is 0.0142. The van der Waals surface area contributed by atoms with Gasteiger partial charge in [-0.05, 0) is 32.1 Å². The molecule has 1 heterocycles. The minimum Gasteiger partial charge on any atom is -0.396 e. The van der Waals surface area contributed by atoms with Gasteiger partial charge in [0.2, 0.25) is 11.8 Å². The number of amides is 2. The standard InChI is InChI=1S/C14H25BrN2O3/c15-7-2-1-4-13(19)17-9-5-12(6-10-17)14(20)16-8-3-11-18/h12,18H,1-11H2,(H,16,20). The Bertz CT molecular complexity index is 275. The lowest BCUT2D eigenvalue weighted by Gasteiger charge is -2.31. The lowest BCUT2D eigenvalue weighted by molar-refractivity contribution is -0.135. The zero-order chi connectivity index (χ0) is 14.8. The molecule has 6 heteroatoms. The number of halogens is 1. The molecule has 1 aliphatic rings. The summed E-state index contributed by atoms with van der Waals surface area (Å²) in [6.45, 7) is 2.00. The highest BCUT2D eigenvalue weighted by Crippen LogP contribution is 2.18. The van der Waals surface area contributed by atoms with Crippen LogP contribution in [0.2, 0.25) is 0 Å². The number of hydrogen-bond donors (Lipinski definition) is 2. The quantitative estimate of drug-likeness (QED) is 0.513. The Kier molecular flexibility index (Phi) is 8.85. The Balaban J connectivity index is 2.21. The summed E-state index contributed by atoms with van der Waals surface area (Å²) < 4.78 is 0. The molecule has 0 radical (unpaired) electrons. The molecule has 0 spiro atoms. The van der Waals surface area contributed by atoms with Crippen molar-refractivity contribution in [3.05, 3.63) is 0 Å². The minimum absolute atomic E-state index is 0.0142. The smallest absolute Gasteiger partial charge is 0.223 e. The summed E-state index contributed by atoms with van der Waals surface area (Å²) >= 11 is 3.36. The number of carbonyl (C=O) groups excluding carboxylic acids is 2. The van der Waals surface area contributed by atoms with Gasteiger partial charge in [0.1, 0.15) is 0 Å². The molecule has 1 saturated heterocycles. The fourth-order valence-electron chi connectivity index (χ4n) is 2.35. The van der Waals surface area contributed by atoms with Crippen LogP contribution in [-0.2, 0) is 9.59 Å². The van der Waals surface area contributed by atoms with Crippen LogP contribution in [0.1, 0.15) is 38.5 Å². The van der Waals surface area contributed by atoms with E-state index in [2.05, 4.69) is 21.2 Å². The van der Waals surface area contributed by atoms with Gasteiger partial charge in [0, 0.05) is 43.9 Å². The SMILES string of the molecule is O=C(NCCCO)C1CCN(C(=O)CCCCBr)CC1. The number of aliphatic hydroxyl groups excluding tert-OH is 1. The number of aliphatic hydroxyl groups is 1. The number of nitrogens with one attached hydrogen (secondary N) is 1. The summed E-state index contributed by atoms with van der Waals surface area (Å²) in [7, 11) is 0. The summed E-state index contributed by atoms with van der Waals surface area (Å²) in [5, 5.41) is 12.4. The highest BCUT2D eigenvalue weighted by atomic mass is 79.9. The molecule has 0 bridgehead atoms. The zero-order valence-corrected chi connectivity index (χ0v) is 13.5. The van der Waals surface area contributed by atoms with Crippen LogP contribution in [0, 0.1) is 5.92 Å². The molecule has 1 fully saturated rings. The summed E-state index contributed by atoms with van der Waals surface area (Å²) in [6, 6.07) is 0. The van der Waals surface area contributed by atoms with E-state index in [0.717, 1.165) is 31.0 Å². The number of alkyl halides is 1. The first-order chi connectivity index (χ1) is 9.69. The molecule has 0 aromatic carbocycles. The molecular formula is C14H25BrN2O3. The third-order valence-electron chi connectivity index (χ3n) is 3.63. The van der Waals surface area contributed by atoms with Gasteiger partial charge in [0.05, 0.1) is 0 Å². The Morgan fingerprint density at radius 1 is 1.20 bits per heavy atom. The predicted molar refractivity (Wildman–Crippen MR) is 81.7 cm³/mol. The topological polar surface area (TPSA) is 69.6 Å². The number of unbranched alkanes of at least 4 members (excludes halogenated alkanes) is 1. The van der Waals surface area contributed by atoms with Gasteiger partial charge in [-0.3, -0.25) is 9.59 Å². The van der Waals surface area contributed by atoms with E-state index in [9.17, 15) is 9.59 Å². The van der Waals surface area contributed by atoms with Gasteiger partial charge >= 0.3 is 0 Å². The first-order valence-electron chi connectivity index (χ1n) is 7.41. The summed E-state index contributed by atoms with van der Waals surface area (Å²) in [6.07, 6.45) is 4.64. The highest BCUT2D eigenvalue weighted by molar-refractivity contribution is 9.09. The lowest BCUT2D eigenvalue weighted by atomic mass is 9.95. The third-order valence-corrected chi connectivity index (χ3v) is 4.19. The molecule has 1 rings (SSSR count). The van der Waals surface area contributed by atoms with Crippen molar-refractivity contribution >= 4 is 27.7 Å². The Labute approximate surface area is 129 Å². The third kappa shape index (κ3) is 6.22. The van der Waals surface area contributed by atoms with E-state index >= 15 is 0 Å². The predicted octanol–water partition coefficient (Wildman–Crippen LogP) is 1.29. The van der Waals surface area contributed by atoms with E-state index in [4.69, 9.17) is 5.11 Å². The summed E-state index contributed by atoms with van der Waals surface area (Å²) in [4.78, 5) is 25.7. The van der Waals surface area contributed by atoms with Crippen LogP contribution in [0.5, 0.6) is 0 Å². The number of piperidine rings is 1. The van der Waals surface area contributed by atoms with Crippen LogP contribution < -0.4 is 5.32 Å². The second kappa shape index (κ2) is 10.2. The molecule has 0 aromatic rings. The normalized spacial score (nSPS) is 16.2. The maximum Gasteiger partial charge on any atom is 0.223 e. The zero-order valence-electron chi connectivity index (χ0n) is 11.9. The van der Waals surface area contributed by atoms with Crippen LogP contribution in [0.25, 0.3) is 0 Å². The van der Waals surface area contributed by atoms with Crippen molar-refractivity contribution in [2.45, 2.75) is 38.5 Å². The maximum absolute atomic E-state index is 11.9. The lowest BCUT2D eigenvalue weighted by Crippen LogP contribution is -2.43. The highest BCUT2D eigenvalue weighted by Gasteiger charge is 2.26. The average molecular weight is 349 g/mol. The first-order valence-corrected chi connectivity index (χ1v) is 8.53. The van der Waals surface area contributed by atoms with Crippen LogP contribution in [-0.4, -0.2) is 53.4 Å². The molecule has 5 nitrogen and oxygen atoms in total. The van der Waals surface area contributed by atoms with Gasteiger partial charge in [0.25, 0.3) is 0 Å². The Morgan fingerprint density at radius 2 is 1.90 bits per heavy atom. The van der Waals surface area contributed by atoms with Crippen molar-refractivity contribution in [3.8, 4) is 0 Å². The van der Waals surface area contributed by atoms with Gasteiger partial charge in [-0.1, -0.05) is 15.9 Å². The van der Waals surface area contributed by atoms with Crippen molar-refractivity contribution in [1.29, 1.82) is 0 Å². The van der Waals surface area contributed by atoms with Gasteiger partial charge in [-0.25, -0.2) is 0 Å². The van der Waals surface area contributed by atoms with Gasteiger partial charge in [-0.15, -0.1) is 0 Å². The molecule has 116 valence electrons. The number of carbonyl (C=O) groups is 2. The molecule has 0 unspecified atom stereocenters. The van der Waals surface area contributed by atoms with E-state index < -0.39 is 0 Å². The van der Waals surface area contributed by atoms with Crippen LogP contribution in [0.3, 0.4) is 0 Å². The molecule has 2 N–H and O–H groups in total. The fraction of sp³-hybridized carbons (Fsp3) is 0.857. The van der Waals surface area contributed by atoms with E-state index in [1.54, 1.807) is 0 Å². The number of likely N-dealkylation sites (tertiary alicyclic amines) is 1. The number of rotatable bonds is 8. The van der Waals surface area contributed by atoms with Crippen molar-refractivity contribution < 1.29 is 14.7 Å². The molecular weight excluding hydrogens is 324 g/mol. The van der Waals surface area contributed by atoms with Gasteiger partial charge in [0.15, 0.2) is 0 Å². The first kappa shape index (κ1) is 17.4. The monoisotopic (exact) mass is 348 g/mol. The molecule has 2 amide bonds. The van der Waals surface area contributed by atoms with Crippen molar-refractivity contribution in [1.82, 2.24) is 10.2 Å². The number of nitrogens with zero attached hydrogens (tertiary/aromatic N) is 1. The molecule has 0 saturated carbocycles. The average Bonchev–Trinajstić information content (AvgIpc) is 2.47. The largest absolute Gasteiger partial charge is 0.396 e. The second-order valence-corrected chi connectivity index (χ2v) is 5.96. The second-order valence-electron chi connectivity index (χ2n) is 5.17. The van der Waals surface area contributed by atoms with Crippen LogP contribution in [0.4, 0.5) is 0 Å². The van der Waals surface area contributed by atoms with Crippen molar-refractivity contribution in [3.63, 3.8) is 0 Å². The molecule has 0 atom stereocenters. The van der Waals surface area contributed by atoms with E-state index in [-0.39, 0.29) is 24.3 Å². The molecule has 20 heavy (non-hydrogen) atoms. The number of hydrogen-bond acceptors (Lipinski definition) is 3. The fourth-order valence-corrected chi connectivity index (χ4v) is 2.75. The Morgan fingerprint density at radius 3 is 2.50 bits per heavy atom. The van der Waals surface area contributed by atoms with E-state index in [0.29, 0.717) is 32.5 Å². The van der Waals surface area contributed by atoms with E-state index in [1.165, 1.54) is 0 Å². The Hall–Kier alpha value is -0.620. The van der Waals surface area contributed by atoms with Crippen molar-refractivity contribution in [2.75, 3.05) is 31.6 Å². The van der Waals surface area contributed by atoms with Gasteiger partial charge in [-0.2, -0.15) is 0 Å². The molecule has 1 aliphatic heterocycles. The van der Waals surface area contributed by atoms with Gasteiger partial charge < -0.3 is 15.3 Å². The summed E-state index contributed by atoms with van der Waals surface area (Å²) in [5.74, 6) is 0.287. The molecule has 0 aromatic heterocycles. The van der Waals surface area contributed by atoms with Crippen LogP contribution in [0.15, 0.2) is 0 Å².